The molecule has 0 radical (unpaired) electrons. The van der Waals surface area contributed by atoms with Crippen LogP contribution in [0.3, 0.4) is 0 Å². The Morgan fingerprint density at radius 3 is 2.60 bits per heavy atom. The molecule has 2 aliphatic rings. The molecule has 0 atom stereocenters. The van der Waals surface area contributed by atoms with Gasteiger partial charge in [0.25, 0.3) is 0 Å². The highest BCUT2D eigenvalue weighted by atomic mass is 16.1. The first-order valence-corrected chi connectivity index (χ1v) is 5.82. The lowest BCUT2D eigenvalue weighted by atomic mass is 9.87. The van der Waals surface area contributed by atoms with Crippen LogP contribution in [-0.4, -0.2) is 6.29 Å². The molecule has 0 aliphatic heterocycles. The molecule has 0 heterocycles. The van der Waals surface area contributed by atoms with E-state index in [-0.39, 0.29) is 0 Å². The molecule has 0 bridgehead atoms. The quantitative estimate of drug-likeness (QED) is 0.684. The third kappa shape index (κ3) is 1.33. The molecular formula is C14H16O. The van der Waals surface area contributed by atoms with Gasteiger partial charge in [0.05, 0.1) is 0 Å². The molecule has 78 valence electrons. The van der Waals surface area contributed by atoms with Crippen LogP contribution in [0.2, 0.25) is 0 Å². The van der Waals surface area contributed by atoms with Crippen molar-refractivity contribution in [3.63, 3.8) is 0 Å². The van der Waals surface area contributed by atoms with Gasteiger partial charge >= 0.3 is 0 Å². The maximum absolute atomic E-state index is 11.1. The van der Waals surface area contributed by atoms with Crippen LogP contribution in [-0.2, 0) is 5.41 Å². The van der Waals surface area contributed by atoms with E-state index in [2.05, 4.69) is 12.1 Å². The summed E-state index contributed by atoms with van der Waals surface area (Å²) < 4.78 is 0. The molecule has 0 unspecified atom stereocenters. The summed E-state index contributed by atoms with van der Waals surface area (Å²) in [5, 5.41) is 0. The summed E-state index contributed by atoms with van der Waals surface area (Å²) in [6, 6.07) is 6.36. The third-order valence-corrected chi connectivity index (χ3v) is 4.02. The predicted octanol–water partition coefficient (Wildman–Crippen LogP) is 3.25. The van der Waals surface area contributed by atoms with Gasteiger partial charge in [0.1, 0.15) is 6.29 Å². The maximum Gasteiger partial charge on any atom is 0.150 e. The highest BCUT2D eigenvalue weighted by molar-refractivity contribution is 5.79. The lowest BCUT2D eigenvalue weighted by Crippen LogP contribution is -2.12. The lowest BCUT2D eigenvalue weighted by Gasteiger charge is -2.17. The average Bonchev–Trinajstić information content (AvgIpc) is 3.08. The van der Waals surface area contributed by atoms with Crippen molar-refractivity contribution in [2.75, 3.05) is 0 Å². The van der Waals surface area contributed by atoms with Crippen LogP contribution in [0.5, 0.6) is 0 Å². The number of aldehydes is 1. The van der Waals surface area contributed by atoms with E-state index in [4.69, 9.17) is 0 Å². The van der Waals surface area contributed by atoms with Crippen LogP contribution in [0.4, 0.5) is 0 Å². The third-order valence-electron chi connectivity index (χ3n) is 4.02. The minimum absolute atomic E-state index is 0.407. The van der Waals surface area contributed by atoms with Gasteiger partial charge in [0.2, 0.25) is 0 Å². The number of hydrogen-bond acceptors (Lipinski definition) is 1. The van der Waals surface area contributed by atoms with E-state index in [0.29, 0.717) is 5.41 Å². The van der Waals surface area contributed by atoms with Gasteiger partial charge in [-0.3, -0.25) is 4.79 Å². The largest absolute Gasteiger partial charge is 0.298 e. The number of benzene rings is 1. The fourth-order valence-electron chi connectivity index (χ4n) is 2.90. The molecule has 0 N–H and O–H groups in total. The Hall–Kier alpha value is -1.11. The summed E-state index contributed by atoms with van der Waals surface area (Å²) in [6.07, 6.45) is 6.35. The molecule has 0 aromatic heterocycles. The molecule has 15 heavy (non-hydrogen) atoms. The van der Waals surface area contributed by atoms with E-state index in [0.717, 1.165) is 17.8 Å². The molecule has 0 amide bonds. The summed E-state index contributed by atoms with van der Waals surface area (Å²) in [5.74, 6) is 0.874. The van der Waals surface area contributed by atoms with Crippen LogP contribution in [0.1, 0.15) is 47.2 Å². The molecule has 2 fully saturated rings. The SMILES string of the molecule is Cc1ccc(C2(C3CC3)CC2)c(C=O)c1. The van der Waals surface area contributed by atoms with Gasteiger partial charge in [0.15, 0.2) is 0 Å². The highest BCUT2D eigenvalue weighted by Crippen LogP contribution is 2.62. The van der Waals surface area contributed by atoms with E-state index < -0.39 is 0 Å². The second-order valence-corrected chi connectivity index (χ2v) is 5.14. The van der Waals surface area contributed by atoms with Crippen molar-refractivity contribution < 1.29 is 4.79 Å². The molecule has 1 aromatic rings. The molecule has 1 heteroatoms. The van der Waals surface area contributed by atoms with Crippen LogP contribution < -0.4 is 0 Å². The summed E-state index contributed by atoms with van der Waals surface area (Å²) in [4.78, 5) is 11.1. The zero-order valence-corrected chi connectivity index (χ0v) is 9.12. The van der Waals surface area contributed by atoms with Gasteiger partial charge in [-0.15, -0.1) is 0 Å². The fourth-order valence-corrected chi connectivity index (χ4v) is 2.90. The van der Waals surface area contributed by atoms with E-state index in [9.17, 15) is 4.79 Å². The van der Waals surface area contributed by atoms with Gasteiger partial charge < -0.3 is 0 Å². The molecular weight excluding hydrogens is 184 g/mol. The van der Waals surface area contributed by atoms with Gasteiger partial charge in [-0.1, -0.05) is 17.7 Å². The normalized spacial score (nSPS) is 22.5. The Bertz CT molecular complexity index is 411. The Balaban J connectivity index is 2.07. The number of hydrogen-bond donors (Lipinski definition) is 0. The van der Waals surface area contributed by atoms with Gasteiger partial charge in [-0.25, -0.2) is 0 Å². The molecule has 1 nitrogen and oxygen atoms in total. The summed E-state index contributed by atoms with van der Waals surface area (Å²) >= 11 is 0. The molecule has 2 saturated carbocycles. The molecule has 0 spiro atoms. The molecule has 3 rings (SSSR count). The van der Waals surface area contributed by atoms with Gasteiger partial charge in [-0.2, -0.15) is 0 Å². The van der Waals surface area contributed by atoms with Crippen molar-refractivity contribution in [1.82, 2.24) is 0 Å². The smallest absolute Gasteiger partial charge is 0.150 e. The summed E-state index contributed by atoms with van der Waals surface area (Å²) in [5.41, 5.74) is 3.85. The number of carbonyl (C=O) groups is 1. The molecule has 1 aromatic carbocycles. The number of aryl methyl sites for hydroxylation is 1. The van der Waals surface area contributed by atoms with Gasteiger partial charge in [-0.05, 0) is 55.6 Å². The van der Waals surface area contributed by atoms with Crippen LogP contribution in [0.15, 0.2) is 18.2 Å². The van der Waals surface area contributed by atoms with Crippen molar-refractivity contribution >= 4 is 6.29 Å². The van der Waals surface area contributed by atoms with E-state index in [1.807, 2.05) is 13.0 Å². The number of carbonyl (C=O) groups excluding carboxylic acids is 1. The van der Waals surface area contributed by atoms with Crippen LogP contribution >= 0.6 is 0 Å². The first-order valence-electron chi connectivity index (χ1n) is 5.82. The van der Waals surface area contributed by atoms with Crippen molar-refractivity contribution in [2.45, 2.75) is 38.0 Å². The number of rotatable bonds is 3. The minimum atomic E-state index is 0.407. The Labute approximate surface area is 90.5 Å². The lowest BCUT2D eigenvalue weighted by molar-refractivity contribution is 0.112. The first kappa shape index (κ1) is 9.14. The van der Waals surface area contributed by atoms with E-state index >= 15 is 0 Å². The van der Waals surface area contributed by atoms with Crippen LogP contribution in [0, 0.1) is 12.8 Å². The van der Waals surface area contributed by atoms with Gasteiger partial charge in [0, 0.05) is 5.56 Å². The Morgan fingerprint density at radius 2 is 2.07 bits per heavy atom. The zero-order chi connectivity index (χ0) is 10.5. The predicted molar refractivity (Wildman–Crippen MR) is 60.2 cm³/mol. The van der Waals surface area contributed by atoms with Crippen molar-refractivity contribution in [3.05, 3.63) is 34.9 Å². The first-order chi connectivity index (χ1) is 7.26. The Morgan fingerprint density at radius 1 is 1.33 bits per heavy atom. The topological polar surface area (TPSA) is 17.1 Å². The second kappa shape index (κ2) is 2.94. The standard InChI is InChI=1S/C14H16O/c1-10-2-5-13(11(8-10)9-15)14(6-7-14)12-3-4-12/h2,5,8-9,12H,3-4,6-7H2,1H3. The second-order valence-electron chi connectivity index (χ2n) is 5.14. The highest BCUT2D eigenvalue weighted by Gasteiger charge is 2.55. The van der Waals surface area contributed by atoms with E-state index in [1.54, 1.807) is 0 Å². The van der Waals surface area contributed by atoms with Crippen molar-refractivity contribution in [2.24, 2.45) is 5.92 Å². The van der Waals surface area contributed by atoms with Crippen LogP contribution in [0.25, 0.3) is 0 Å². The summed E-state index contributed by atoms with van der Waals surface area (Å²) in [6.45, 7) is 2.05. The van der Waals surface area contributed by atoms with E-state index in [1.165, 1.54) is 36.8 Å². The van der Waals surface area contributed by atoms with Crippen molar-refractivity contribution in [1.29, 1.82) is 0 Å². The summed E-state index contributed by atoms with van der Waals surface area (Å²) in [7, 11) is 0. The fraction of sp³-hybridized carbons (Fsp3) is 0.500. The zero-order valence-electron chi connectivity index (χ0n) is 9.12. The Kier molecular flexibility index (Phi) is 1.79. The van der Waals surface area contributed by atoms with Crippen molar-refractivity contribution in [3.8, 4) is 0 Å². The molecule has 2 aliphatic carbocycles. The monoisotopic (exact) mass is 200 g/mol. The average molecular weight is 200 g/mol. The maximum atomic E-state index is 11.1. The minimum Gasteiger partial charge on any atom is -0.298 e. The molecule has 0 saturated heterocycles.